The van der Waals surface area contributed by atoms with E-state index in [9.17, 15) is 4.39 Å². The lowest BCUT2D eigenvalue weighted by molar-refractivity contribution is 0.378. The molecule has 0 aliphatic rings. The third-order valence-electron chi connectivity index (χ3n) is 4.06. The molecule has 0 atom stereocenters. The Balaban J connectivity index is 1.36. The zero-order chi connectivity index (χ0) is 19.7. The van der Waals surface area contributed by atoms with Gasteiger partial charge in [0.15, 0.2) is 10.8 Å². The van der Waals surface area contributed by atoms with E-state index in [0.29, 0.717) is 50.1 Å². The van der Waals surface area contributed by atoms with Crippen molar-refractivity contribution < 1.29 is 8.91 Å². The number of pyridine rings is 1. The molecule has 144 valence electrons. The van der Waals surface area contributed by atoms with Crippen LogP contribution < -0.4 is 0 Å². The molecule has 3 aromatic heterocycles. The monoisotopic (exact) mass is 437 g/mol. The maximum atomic E-state index is 13.7. The first-order chi connectivity index (χ1) is 13.5. The van der Waals surface area contributed by atoms with E-state index in [1.807, 2.05) is 0 Å². The third kappa shape index (κ3) is 3.99. The van der Waals surface area contributed by atoms with Crippen LogP contribution >= 0.6 is 35.0 Å². The van der Waals surface area contributed by atoms with Crippen molar-refractivity contribution in [1.29, 1.82) is 0 Å². The lowest BCUT2D eigenvalue weighted by atomic mass is 10.1. The number of thioether (sulfide) groups is 1. The number of benzene rings is 1. The fourth-order valence-corrected chi connectivity index (χ4v) is 3.95. The average Bonchev–Trinajstić information content (AvgIpc) is 3.28. The highest BCUT2D eigenvalue weighted by atomic mass is 35.5. The van der Waals surface area contributed by atoms with Crippen molar-refractivity contribution in [2.75, 3.05) is 5.75 Å². The zero-order valence-corrected chi connectivity index (χ0v) is 17.0. The van der Waals surface area contributed by atoms with Gasteiger partial charge in [-0.05, 0) is 31.0 Å². The van der Waals surface area contributed by atoms with Gasteiger partial charge in [0.2, 0.25) is 11.7 Å². The van der Waals surface area contributed by atoms with E-state index in [1.54, 1.807) is 35.7 Å². The Bertz CT molecular complexity index is 1150. The smallest absolute Gasteiger partial charge is 0.226 e. The SMILES string of the molecule is Cc1ccc(-c2noc(CCCSc3nnc4c(Cl)cc(Cl)cn34)n2)cc1F. The number of hydrogen-bond acceptors (Lipinski definition) is 6. The van der Waals surface area contributed by atoms with E-state index in [1.165, 1.54) is 17.8 Å². The second-order valence-electron chi connectivity index (χ2n) is 6.11. The molecular weight excluding hydrogens is 424 g/mol. The molecule has 0 bridgehead atoms. The summed E-state index contributed by atoms with van der Waals surface area (Å²) in [4.78, 5) is 4.34. The van der Waals surface area contributed by atoms with Crippen molar-refractivity contribution >= 4 is 40.6 Å². The van der Waals surface area contributed by atoms with Crippen molar-refractivity contribution in [3.63, 3.8) is 0 Å². The first-order valence-electron chi connectivity index (χ1n) is 8.43. The van der Waals surface area contributed by atoms with Gasteiger partial charge in [-0.3, -0.25) is 4.40 Å². The van der Waals surface area contributed by atoms with Crippen LogP contribution in [-0.4, -0.2) is 30.5 Å². The summed E-state index contributed by atoms with van der Waals surface area (Å²) in [5.74, 6) is 1.37. The topological polar surface area (TPSA) is 69.1 Å². The fourth-order valence-electron chi connectivity index (χ4n) is 2.59. The van der Waals surface area contributed by atoms with Gasteiger partial charge in [0.25, 0.3) is 0 Å². The van der Waals surface area contributed by atoms with Crippen LogP contribution in [0.2, 0.25) is 10.0 Å². The number of fused-ring (bicyclic) bond motifs is 1. The van der Waals surface area contributed by atoms with Gasteiger partial charge in [-0.25, -0.2) is 4.39 Å². The predicted molar refractivity (Wildman–Crippen MR) is 106 cm³/mol. The lowest BCUT2D eigenvalue weighted by Gasteiger charge is -2.01. The molecule has 6 nitrogen and oxygen atoms in total. The van der Waals surface area contributed by atoms with Crippen LogP contribution in [0.4, 0.5) is 4.39 Å². The quantitative estimate of drug-likeness (QED) is 0.302. The molecule has 10 heteroatoms. The Morgan fingerprint density at radius 3 is 2.89 bits per heavy atom. The molecule has 3 heterocycles. The molecular formula is C18H14Cl2FN5OS. The zero-order valence-electron chi connectivity index (χ0n) is 14.7. The molecule has 0 radical (unpaired) electrons. The van der Waals surface area contributed by atoms with Crippen molar-refractivity contribution in [3.8, 4) is 11.4 Å². The summed E-state index contributed by atoms with van der Waals surface area (Å²) < 4.78 is 20.7. The van der Waals surface area contributed by atoms with E-state index in [-0.39, 0.29) is 5.82 Å². The summed E-state index contributed by atoms with van der Waals surface area (Å²) in [6.45, 7) is 1.71. The molecule has 4 aromatic rings. The van der Waals surface area contributed by atoms with Gasteiger partial charge >= 0.3 is 0 Å². The highest BCUT2D eigenvalue weighted by molar-refractivity contribution is 7.99. The first-order valence-corrected chi connectivity index (χ1v) is 10.2. The number of aryl methyl sites for hydroxylation is 2. The molecule has 0 fully saturated rings. The Labute approximate surface area is 174 Å². The number of rotatable bonds is 6. The van der Waals surface area contributed by atoms with E-state index in [0.717, 1.165) is 12.2 Å². The molecule has 0 spiro atoms. The molecule has 0 amide bonds. The van der Waals surface area contributed by atoms with Crippen molar-refractivity contribution in [3.05, 3.63) is 57.8 Å². The van der Waals surface area contributed by atoms with Crippen molar-refractivity contribution in [2.45, 2.75) is 24.9 Å². The summed E-state index contributed by atoms with van der Waals surface area (Å²) in [5.41, 5.74) is 1.74. The average molecular weight is 438 g/mol. The van der Waals surface area contributed by atoms with Gasteiger partial charge in [0.05, 0.1) is 10.0 Å². The summed E-state index contributed by atoms with van der Waals surface area (Å²) in [5, 5.41) is 13.8. The maximum Gasteiger partial charge on any atom is 0.226 e. The van der Waals surface area contributed by atoms with Crippen LogP contribution in [0.3, 0.4) is 0 Å². The van der Waals surface area contributed by atoms with Crippen LogP contribution in [-0.2, 0) is 6.42 Å². The van der Waals surface area contributed by atoms with Crippen LogP contribution in [0.5, 0.6) is 0 Å². The van der Waals surface area contributed by atoms with Gasteiger partial charge in [0, 0.05) is 23.9 Å². The highest BCUT2D eigenvalue weighted by Gasteiger charge is 2.12. The van der Waals surface area contributed by atoms with Crippen molar-refractivity contribution in [2.24, 2.45) is 0 Å². The summed E-state index contributed by atoms with van der Waals surface area (Å²) in [6, 6.07) is 6.51. The number of hydrogen-bond donors (Lipinski definition) is 0. The Kier molecular flexibility index (Phi) is 5.52. The van der Waals surface area contributed by atoms with Crippen LogP contribution in [0.25, 0.3) is 17.0 Å². The second kappa shape index (κ2) is 8.06. The third-order valence-corrected chi connectivity index (χ3v) is 5.57. The van der Waals surface area contributed by atoms with E-state index < -0.39 is 0 Å². The molecule has 0 aliphatic heterocycles. The van der Waals surface area contributed by atoms with E-state index in [2.05, 4.69) is 20.3 Å². The standard InChI is InChI=1S/C18H14Cl2FN5OS/c1-10-4-5-11(7-14(10)21)16-22-15(27-25-16)3-2-6-28-18-24-23-17-13(20)8-12(19)9-26(17)18/h4-5,7-9H,2-3,6H2,1H3. The van der Waals surface area contributed by atoms with Crippen LogP contribution in [0.15, 0.2) is 40.1 Å². The fraction of sp³-hybridized carbons (Fsp3) is 0.222. The summed E-state index contributed by atoms with van der Waals surface area (Å²) in [7, 11) is 0. The summed E-state index contributed by atoms with van der Waals surface area (Å²) >= 11 is 13.7. The van der Waals surface area contributed by atoms with Crippen LogP contribution in [0.1, 0.15) is 17.9 Å². The minimum absolute atomic E-state index is 0.291. The molecule has 4 rings (SSSR count). The van der Waals surface area contributed by atoms with Gasteiger partial charge in [-0.15, -0.1) is 10.2 Å². The minimum atomic E-state index is -0.291. The van der Waals surface area contributed by atoms with Gasteiger partial charge in [-0.2, -0.15) is 4.98 Å². The Morgan fingerprint density at radius 1 is 1.21 bits per heavy atom. The number of halogens is 3. The minimum Gasteiger partial charge on any atom is -0.339 e. The van der Waals surface area contributed by atoms with E-state index >= 15 is 0 Å². The molecule has 28 heavy (non-hydrogen) atoms. The summed E-state index contributed by atoms with van der Waals surface area (Å²) in [6.07, 6.45) is 3.13. The molecule has 0 N–H and O–H groups in total. The second-order valence-corrected chi connectivity index (χ2v) is 8.02. The van der Waals surface area contributed by atoms with E-state index in [4.69, 9.17) is 27.7 Å². The molecule has 0 aliphatic carbocycles. The molecule has 0 saturated carbocycles. The van der Waals surface area contributed by atoms with Gasteiger partial charge in [-0.1, -0.05) is 52.3 Å². The largest absolute Gasteiger partial charge is 0.339 e. The van der Waals surface area contributed by atoms with Gasteiger partial charge in [0.1, 0.15) is 5.82 Å². The first kappa shape index (κ1) is 19.2. The van der Waals surface area contributed by atoms with Gasteiger partial charge < -0.3 is 4.52 Å². The van der Waals surface area contributed by atoms with Crippen LogP contribution in [0, 0.1) is 12.7 Å². The molecule has 1 aromatic carbocycles. The molecule has 0 unspecified atom stereocenters. The normalized spacial score (nSPS) is 11.4. The lowest BCUT2D eigenvalue weighted by Crippen LogP contribution is -1.92. The molecule has 0 saturated heterocycles. The number of nitrogens with zero attached hydrogens (tertiary/aromatic N) is 5. The number of aromatic nitrogens is 5. The predicted octanol–water partition coefficient (Wildman–Crippen LogP) is 5.26. The van der Waals surface area contributed by atoms with Crippen molar-refractivity contribution in [1.82, 2.24) is 24.7 Å². The maximum absolute atomic E-state index is 13.7. The highest BCUT2D eigenvalue weighted by Crippen LogP contribution is 2.26. The Hall–Kier alpha value is -2.16. The Morgan fingerprint density at radius 2 is 2.07 bits per heavy atom.